The highest BCUT2D eigenvalue weighted by atomic mass is 16.5. The van der Waals surface area contributed by atoms with E-state index in [1.54, 1.807) is 30.3 Å². The Morgan fingerprint density at radius 2 is 2.17 bits per heavy atom. The van der Waals surface area contributed by atoms with Gasteiger partial charge in [-0.3, -0.25) is 9.59 Å². The Bertz CT molecular complexity index is 994. The third-order valence-electron chi connectivity index (χ3n) is 5.50. The first-order valence-electron chi connectivity index (χ1n) is 10.1. The standard InChI is InChI=1S/C21H26N6O3/c1-30-19-8-17(24-13-25-19)15-7-18(21(29)23-9-15)27(10-14-4-5-14)16-11-26(12-16)20(28)3-2-6-22/h2-3,7-9,13-14,16H,4-6,10-12,22H2,1H3,(H,23,29). The van der Waals surface area contributed by atoms with Gasteiger partial charge in [0.15, 0.2) is 0 Å². The van der Waals surface area contributed by atoms with Gasteiger partial charge < -0.3 is 25.3 Å². The lowest BCUT2D eigenvalue weighted by molar-refractivity contribution is -0.130. The van der Waals surface area contributed by atoms with Gasteiger partial charge in [-0.25, -0.2) is 9.97 Å². The van der Waals surface area contributed by atoms with Gasteiger partial charge in [0.1, 0.15) is 12.0 Å². The summed E-state index contributed by atoms with van der Waals surface area (Å²) in [5, 5.41) is 0. The first-order chi connectivity index (χ1) is 14.6. The van der Waals surface area contributed by atoms with Crippen LogP contribution in [0.5, 0.6) is 5.88 Å². The number of nitrogens with zero attached hydrogens (tertiary/aromatic N) is 4. The van der Waals surface area contributed by atoms with E-state index in [0.29, 0.717) is 42.8 Å². The number of nitrogens with one attached hydrogen (secondary N) is 1. The topological polar surface area (TPSA) is 117 Å². The van der Waals surface area contributed by atoms with Crippen LogP contribution in [0.4, 0.5) is 5.69 Å². The summed E-state index contributed by atoms with van der Waals surface area (Å²) >= 11 is 0. The molecule has 9 nitrogen and oxygen atoms in total. The molecule has 3 N–H and O–H groups in total. The summed E-state index contributed by atoms with van der Waals surface area (Å²) in [6, 6.07) is 3.70. The van der Waals surface area contributed by atoms with E-state index in [4.69, 9.17) is 10.5 Å². The molecular weight excluding hydrogens is 384 g/mol. The van der Waals surface area contributed by atoms with Crippen LogP contribution in [0.25, 0.3) is 11.3 Å². The van der Waals surface area contributed by atoms with E-state index in [-0.39, 0.29) is 17.5 Å². The summed E-state index contributed by atoms with van der Waals surface area (Å²) in [6.07, 6.45) is 8.60. The molecule has 0 spiro atoms. The number of carbonyl (C=O) groups is 1. The SMILES string of the molecule is COc1cc(-c2c[nH]c(=O)c(N(CC3CC3)C3CN(C(=O)C=CCN)C3)c2)ncn1. The number of hydrogen-bond acceptors (Lipinski definition) is 7. The van der Waals surface area contributed by atoms with Crippen molar-refractivity contribution < 1.29 is 9.53 Å². The van der Waals surface area contributed by atoms with E-state index < -0.39 is 0 Å². The van der Waals surface area contributed by atoms with Gasteiger partial charge in [-0.1, -0.05) is 6.08 Å². The molecule has 0 atom stereocenters. The summed E-state index contributed by atoms with van der Waals surface area (Å²) in [5.41, 5.74) is 7.34. The Morgan fingerprint density at radius 3 is 2.87 bits per heavy atom. The van der Waals surface area contributed by atoms with E-state index in [2.05, 4.69) is 19.9 Å². The average Bonchev–Trinajstić information content (AvgIpc) is 3.55. The van der Waals surface area contributed by atoms with Gasteiger partial charge in [-0.15, -0.1) is 0 Å². The van der Waals surface area contributed by atoms with Crippen molar-refractivity contribution >= 4 is 11.6 Å². The molecule has 2 fully saturated rings. The molecule has 158 valence electrons. The second-order valence-electron chi connectivity index (χ2n) is 7.68. The Hall–Kier alpha value is -3.20. The number of carbonyl (C=O) groups excluding carboxylic acids is 1. The summed E-state index contributed by atoms with van der Waals surface area (Å²) < 4.78 is 5.18. The lowest BCUT2D eigenvalue weighted by Gasteiger charge is -2.46. The number of amides is 1. The molecule has 2 aliphatic rings. The lowest BCUT2D eigenvalue weighted by Crippen LogP contribution is -2.62. The zero-order valence-corrected chi connectivity index (χ0v) is 17.0. The number of ether oxygens (including phenoxy) is 1. The van der Waals surface area contributed by atoms with E-state index in [1.165, 1.54) is 25.2 Å². The molecule has 0 radical (unpaired) electrons. The van der Waals surface area contributed by atoms with Gasteiger partial charge in [0.2, 0.25) is 11.8 Å². The maximum atomic E-state index is 12.7. The smallest absolute Gasteiger partial charge is 0.271 e. The average molecular weight is 410 g/mol. The van der Waals surface area contributed by atoms with Crippen LogP contribution in [-0.4, -0.2) is 65.1 Å². The van der Waals surface area contributed by atoms with Crippen LogP contribution in [0.15, 0.2) is 41.6 Å². The zero-order chi connectivity index (χ0) is 21.1. The number of nitrogens with two attached hydrogens (primary N) is 1. The summed E-state index contributed by atoms with van der Waals surface area (Å²) in [6.45, 7) is 2.33. The van der Waals surface area contributed by atoms with Gasteiger partial charge in [-0.05, 0) is 24.8 Å². The first kappa shape index (κ1) is 20.1. The maximum Gasteiger partial charge on any atom is 0.271 e. The van der Waals surface area contributed by atoms with Crippen LogP contribution in [0.1, 0.15) is 12.8 Å². The monoisotopic (exact) mass is 410 g/mol. The lowest BCUT2D eigenvalue weighted by atomic mass is 10.0. The molecular formula is C21H26N6O3. The summed E-state index contributed by atoms with van der Waals surface area (Å²) in [4.78, 5) is 40.0. The third-order valence-corrected chi connectivity index (χ3v) is 5.50. The molecule has 1 amide bonds. The van der Waals surface area contributed by atoms with Gasteiger partial charge in [0, 0.05) is 50.1 Å². The molecule has 1 aliphatic heterocycles. The van der Waals surface area contributed by atoms with Crippen molar-refractivity contribution in [3.63, 3.8) is 0 Å². The summed E-state index contributed by atoms with van der Waals surface area (Å²) in [5.74, 6) is 1.01. The molecule has 1 saturated heterocycles. The zero-order valence-electron chi connectivity index (χ0n) is 17.0. The number of rotatable bonds is 8. The number of aromatic amines is 1. The molecule has 0 unspecified atom stereocenters. The van der Waals surface area contributed by atoms with Crippen LogP contribution < -0.4 is 20.9 Å². The minimum atomic E-state index is -0.145. The third kappa shape index (κ3) is 4.35. The molecule has 0 bridgehead atoms. The van der Waals surface area contributed by atoms with Crippen LogP contribution in [-0.2, 0) is 4.79 Å². The minimum absolute atomic E-state index is 0.0428. The number of H-pyrrole nitrogens is 1. The van der Waals surface area contributed by atoms with Crippen molar-refractivity contribution in [1.29, 1.82) is 0 Å². The molecule has 2 aromatic rings. The highest BCUT2D eigenvalue weighted by molar-refractivity contribution is 5.88. The number of anilines is 1. The van der Waals surface area contributed by atoms with E-state index >= 15 is 0 Å². The molecule has 1 saturated carbocycles. The number of pyridine rings is 1. The molecule has 0 aromatic carbocycles. The fourth-order valence-corrected chi connectivity index (χ4v) is 3.57. The first-order valence-corrected chi connectivity index (χ1v) is 10.1. The Kier molecular flexibility index (Phi) is 5.80. The second kappa shape index (κ2) is 8.66. The van der Waals surface area contributed by atoms with Crippen molar-refractivity contribution in [1.82, 2.24) is 19.9 Å². The Balaban J connectivity index is 1.58. The van der Waals surface area contributed by atoms with E-state index in [9.17, 15) is 9.59 Å². The van der Waals surface area contributed by atoms with Crippen molar-refractivity contribution in [2.75, 3.05) is 38.2 Å². The highest BCUT2D eigenvalue weighted by Crippen LogP contribution is 2.33. The molecule has 30 heavy (non-hydrogen) atoms. The van der Waals surface area contributed by atoms with Crippen LogP contribution in [0, 0.1) is 5.92 Å². The van der Waals surface area contributed by atoms with Gasteiger partial charge in [0.05, 0.1) is 18.8 Å². The fraction of sp³-hybridized carbons (Fsp3) is 0.429. The van der Waals surface area contributed by atoms with Crippen molar-refractivity contribution in [2.45, 2.75) is 18.9 Å². The van der Waals surface area contributed by atoms with Crippen LogP contribution in [0.3, 0.4) is 0 Å². The number of aromatic nitrogens is 3. The van der Waals surface area contributed by atoms with Crippen LogP contribution in [0.2, 0.25) is 0 Å². The van der Waals surface area contributed by atoms with Crippen LogP contribution >= 0.6 is 0 Å². The fourth-order valence-electron chi connectivity index (χ4n) is 3.57. The maximum absolute atomic E-state index is 12.7. The van der Waals surface area contributed by atoms with Crippen molar-refractivity contribution in [3.05, 3.63) is 47.2 Å². The number of hydrogen-bond donors (Lipinski definition) is 2. The highest BCUT2D eigenvalue weighted by Gasteiger charge is 2.37. The molecule has 4 rings (SSSR count). The number of likely N-dealkylation sites (tertiary alicyclic amines) is 1. The predicted octanol–water partition coefficient (Wildman–Crippen LogP) is 0.783. The van der Waals surface area contributed by atoms with E-state index in [1.807, 2.05) is 6.07 Å². The van der Waals surface area contributed by atoms with E-state index in [0.717, 1.165) is 12.1 Å². The Morgan fingerprint density at radius 1 is 1.37 bits per heavy atom. The number of methoxy groups -OCH3 is 1. The van der Waals surface area contributed by atoms with Gasteiger partial charge in [-0.2, -0.15) is 0 Å². The Labute approximate surface area is 174 Å². The van der Waals surface area contributed by atoms with Crippen molar-refractivity contribution in [2.24, 2.45) is 11.7 Å². The predicted molar refractivity (Wildman–Crippen MR) is 113 cm³/mol. The van der Waals surface area contributed by atoms with Crippen molar-refractivity contribution in [3.8, 4) is 17.1 Å². The molecule has 1 aliphatic carbocycles. The summed E-state index contributed by atoms with van der Waals surface area (Å²) in [7, 11) is 1.55. The quantitative estimate of drug-likeness (QED) is 0.618. The molecule has 9 heteroatoms. The largest absolute Gasteiger partial charge is 0.481 e. The normalized spacial score (nSPS) is 16.5. The molecule has 2 aromatic heterocycles. The van der Waals surface area contributed by atoms with Gasteiger partial charge in [0.25, 0.3) is 5.56 Å². The van der Waals surface area contributed by atoms with Gasteiger partial charge >= 0.3 is 0 Å². The second-order valence-corrected chi connectivity index (χ2v) is 7.68. The molecule has 3 heterocycles. The minimum Gasteiger partial charge on any atom is -0.481 e.